The molecule has 1 rings (SSSR count). The Bertz CT molecular complexity index is 199. The first-order valence-corrected chi connectivity index (χ1v) is 5.77. The first-order valence-electron chi connectivity index (χ1n) is 5.77. The number of carbonyl (C=O) groups excluding carboxylic acids is 1. The summed E-state index contributed by atoms with van der Waals surface area (Å²) in [5.41, 5.74) is 0. The third kappa shape index (κ3) is 4.08. The smallest absolute Gasteiger partial charge is 0.409 e. The Morgan fingerprint density at radius 1 is 1.27 bits per heavy atom. The maximum absolute atomic E-state index is 11.4. The van der Waals surface area contributed by atoms with Crippen LogP contribution in [0.4, 0.5) is 4.79 Å². The van der Waals surface area contributed by atoms with Crippen LogP contribution in [0.3, 0.4) is 0 Å². The molecule has 1 amide bonds. The maximum Gasteiger partial charge on any atom is 0.409 e. The Hall–Kier alpha value is -0.770. The van der Waals surface area contributed by atoms with Gasteiger partial charge in [-0.1, -0.05) is 13.8 Å². The number of piperazine rings is 1. The van der Waals surface area contributed by atoms with Gasteiger partial charge in [0, 0.05) is 32.7 Å². The molecule has 0 unspecified atom stereocenters. The molecule has 1 saturated heterocycles. The normalized spacial score (nSPS) is 18.3. The fourth-order valence-electron chi connectivity index (χ4n) is 1.84. The van der Waals surface area contributed by atoms with Crippen molar-refractivity contribution in [1.82, 2.24) is 9.80 Å². The van der Waals surface area contributed by atoms with Crippen LogP contribution in [0.2, 0.25) is 0 Å². The van der Waals surface area contributed by atoms with Crippen LogP contribution in [-0.2, 0) is 4.74 Å². The minimum atomic E-state index is -0.165. The molecule has 15 heavy (non-hydrogen) atoms. The van der Waals surface area contributed by atoms with Crippen molar-refractivity contribution in [3.05, 3.63) is 0 Å². The summed E-state index contributed by atoms with van der Waals surface area (Å²) in [5, 5.41) is 0. The lowest BCUT2D eigenvalue weighted by molar-refractivity contribution is 0.0767. The SMILES string of the molecule is CCOC(=O)N1CCN(CC(C)C)CC1. The van der Waals surface area contributed by atoms with E-state index in [2.05, 4.69) is 18.7 Å². The monoisotopic (exact) mass is 214 g/mol. The van der Waals surface area contributed by atoms with Crippen molar-refractivity contribution in [2.75, 3.05) is 39.3 Å². The fraction of sp³-hybridized carbons (Fsp3) is 0.909. The van der Waals surface area contributed by atoms with Crippen molar-refractivity contribution in [2.24, 2.45) is 5.92 Å². The Kier molecular flexibility index (Phi) is 4.88. The Morgan fingerprint density at radius 2 is 1.87 bits per heavy atom. The molecular formula is C11H22N2O2. The number of rotatable bonds is 3. The summed E-state index contributed by atoms with van der Waals surface area (Å²) >= 11 is 0. The highest BCUT2D eigenvalue weighted by Gasteiger charge is 2.21. The zero-order valence-electron chi connectivity index (χ0n) is 10.0. The van der Waals surface area contributed by atoms with Crippen molar-refractivity contribution in [2.45, 2.75) is 20.8 Å². The van der Waals surface area contributed by atoms with E-state index in [4.69, 9.17) is 4.74 Å². The lowest BCUT2D eigenvalue weighted by Gasteiger charge is -2.34. The molecule has 0 spiro atoms. The van der Waals surface area contributed by atoms with E-state index < -0.39 is 0 Å². The highest BCUT2D eigenvalue weighted by Crippen LogP contribution is 2.06. The molecule has 0 N–H and O–H groups in total. The highest BCUT2D eigenvalue weighted by molar-refractivity contribution is 5.67. The molecule has 0 bridgehead atoms. The Labute approximate surface area is 92.2 Å². The minimum Gasteiger partial charge on any atom is -0.450 e. The largest absolute Gasteiger partial charge is 0.450 e. The zero-order valence-corrected chi connectivity index (χ0v) is 10.0. The topological polar surface area (TPSA) is 32.8 Å². The molecule has 0 radical (unpaired) electrons. The Morgan fingerprint density at radius 3 is 2.33 bits per heavy atom. The summed E-state index contributed by atoms with van der Waals surface area (Å²) < 4.78 is 4.97. The fourth-order valence-corrected chi connectivity index (χ4v) is 1.84. The van der Waals surface area contributed by atoms with E-state index in [1.54, 1.807) is 4.90 Å². The molecule has 4 heteroatoms. The van der Waals surface area contributed by atoms with Gasteiger partial charge in [-0.15, -0.1) is 0 Å². The predicted octanol–water partition coefficient (Wildman–Crippen LogP) is 1.42. The van der Waals surface area contributed by atoms with Crippen LogP contribution in [0.1, 0.15) is 20.8 Å². The van der Waals surface area contributed by atoms with Gasteiger partial charge in [0.2, 0.25) is 0 Å². The van der Waals surface area contributed by atoms with Crippen LogP contribution in [0.25, 0.3) is 0 Å². The summed E-state index contributed by atoms with van der Waals surface area (Å²) in [6.45, 7) is 11.4. The van der Waals surface area contributed by atoms with Crippen LogP contribution in [0.15, 0.2) is 0 Å². The summed E-state index contributed by atoms with van der Waals surface area (Å²) in [5.74, 6) is 0.694. The number of carbonyl (C=O) groups is 1. The van der Waals surface area contributed by atoms with Gasteiger partial charge in [-0.05, 0) is 12.8 Å². The summed E-state index contributed by atoms with van der Waals surface area (Å²) in [7, 11) is 0. The van der Waals surface area contributed by atoms with Gasteiger partial charge in [0.25, 0.3) is 0 Å². The average Bonchev–Trinajstić information content (AvgIpc) is 2.18. The van der Waals surface area contributed by atoms with Gasteiger partial charge in [0.1, 0.15) is 0 Å². The Balaban J connectivity index is 2.26. The second kappa shape index (κ2) is 5.95. The first-order chi connectivity index (χ1) is 7.13. The number of amides is 1. The van der Waals surface area contributed by atoms with Crippen LogP contribution in [-0.4, -0.2) is 55.2 Å². The van der Waals surface area contributed by atoms with Gasteiger partial charge in [0.05, 0.1) is 6.61 Å². The second-order valence-electron chi connectivity index (χ2n) is 4.38. The summed E-state index contributed by atoms with van der Waals surface area (Å²) in [6.07, 6.45) is -0.165. The molecule has 0 aromatic heterocycles. The third-order valence-corrected chi connectivity index (χ3v) is 2.52. The van der Waals surface area contributed by atoms with Crippen LogP contribution >= 0.6 is 0 Å². The molecule has 1 fully saturated rings. The molecule has 1 aliphatic rings. The molecule has 0 aromatic carbocycles. The molecule has 88 valence electrons. The van der Waals surface area contributed by atoms with Gasteiger partial charge in [-0.2, -0.15) is 0 Å². The van der Waals surface area contributed by atoms with Crippen molar-refractivity contribution in [3.8, 4) is 0 Å². The molecule has 0 saturated carbocycles. The molecule has 1 heterocycles. The lowest BCUT2D eigenvalue weighted by Crippen LogP contribution is -2.49. The zero-order chi connectivity index (χ0) is 11.3. The van der Waals surface area contributed by atoms with Crippen LogP contribution in [0.5, 0.6) is 0 Å². The van der Waals surface area contributed by atoms with Crippen molar-refractivity contribution < 1.29 is 9.53 Å². The number of nitrogens with zero attached hydrogens (tertiary/aromatic N) is 2. The quantitative estimate of drug-likeness (QED) is 0.712. The van der Waals surface area contributed by atoms with Crippen molar-refractivity contribution >= 4 is 6.09 Å². The molecular weight excluding hydrogens is 192 g/mol. The van der Waals surface area contributed by atoms with E-state index in [-0.39, 0.29) is 6.09 Å². The summed E-state index contributed by atoms with van der Waals surface area (Å²) in [6, 6.07) is 0. The number of hydrogen-bond donors (Lipinski definition) is 0. The van der Waals surface area contributed by atoms with Gasteiger partial charge >= 0.3 is 6.09 Å². The molecule has 0 aliphatic carbocycles. The van der Waals surface area contributed by atoms with Crippen molar-refractivity contribution in [1.29, 1.82) is 0 Å². The number of ether oxygens (including phenoxy) is 1. The molecule has 4 nitrogen and oxygen atoms in total. The van der Waals surface area contributed by atoms with E-state index >= 15 is 0 Å². The van der Waals surface area contributed by atoms with E-state index in [9.17, 15) is 4.79 Å². The van der Waals surface area contributed by atoms with Crippen LogP contribution < -0.4 is 0 Å². The van der Waals surface area contributed by atoms with Crippen molar-refractivity contribution in [3.63, 3.8) is 0 Å². The number of hydrogen-bond acceptors (Lipinski definition) is 3. The molecule has 1 aliphatic heterocycles. The maximum atomic E-state index is 11.4. The predicted molar refractivity (Wildman–Crippen MR) is 59.9 cm³/mol. The first kappa shape index (κ1) is 12.3. The highest BCUT2D eigenvalue weighted by atomic mass is 16.6. The second-order valence-corrected chi connectivity index (χ2v) is 4.38. The molecule has 0 atom stereocenters. The van der Waals surface area contributed by atoms with Gasteiger partial charge in [0.15, 0.2) is 0 Å². The third-order valence-electron chi connectivity index (χ3n) is 2.52. The van der Waals surface area contributed by atoms with E-state index in [1.165, 1.54) is 0 Å². The van der Waals surface area contributed by atoms with E-state index in [0.29, 0.717) is 12.5 Å². The summed E-state index contributed by atoms with van der Waals surface area (Å²) in [4.78, 5) is 15.6. The van der Waals surface area contributed by atoms with Gasteiger partial charge in [-0.3, -0.25) is 4.90 Å². The average molecular weight is 214 g/mol. The standard InChI is InChI=1S/C11H22N2O2/c1-4-15-11(14)13-7-5-12(6-8-13)9-10(2)3/h10H,4-9H2,1-3H3. The minimum absolute atomic E-state index is 0.165. The molecule has 0 aromatic rings. The lowest BCUT2D eigenvalue weighted by atomic mass is 10.2. The van der Waals surface area contributed by atoms with Gasteiger partial charge in [-0.25, -0.2) is 4.79 Å². The van der Waals surface area contributed by atoms with Gasteiger partial charge < -0.3 is 9.64 Å². The van der Waals surface area contributed by atoms with E-state index in [0.717, 1.165) is 32.7 Å². The van der Waals surface area contributed by atoms with Crippen LogP contribution in [0, 0.1) is 5.92 Å². The van der Waals surface area contributed by atoms with E-state index in [1.807, 2.05) is 6.92 Å².